The minimum atomic E-state index is -0.688. The van der Waals surface area contributed by atoms with Crippen molar-refractivity contribution in [3.63, 3.8) is 0 Å². The van der Waals surface area contributed by atoms with Gasteiger partial charge in [0.25, 0.3) is 11.8 Å². The van der Waals surface area contributed by atoms with Crippen molar-refractivity contribution in [1.29, 1.82) is 0 Å². The number of piperidine rings is 1. The average Bonchev–Trinajstić information content (AvgIpc) is 3.50. The van der Waals surface area contributed by atoms with Crippen LogP contribution in [0.15, 0.2) is 61.4 Å². The summed E-state index contributed by atoms with van der Waals surface area (Å²) in [5.41, 5.74) is 1.59. The highest BCUT2D eigenvalue weighted by Gasteiger charge is 2.35. The molecule has 168 valence electrons. The number of H-pyrrole nitrogens is 1. The SMILES string of the molecule is O=C(N[C@@H]1CN(C(=O)c2cccn3cncc23)CC[C@H]1c1cc(F)cc(F)c1)c1ncc[nH]1. The van der Waals surface area contributed by atoms with Gasteiger partial charge in [0.2, 0.25) is 0 Å². The van der Waals surface area contributed by atoms with Gasteiger partial charge in [0.1, 0.15) is 11.6 Å². The zero-order valence-electron chi connectivity index (χ0n) is 17.4. The van der Waals surface area contributed by atoms with Crippen LogP contribution in [-0.4, -0.2) is 55.2 Å². The van der Waals surface area contributed by atoms with Crippen molar-refractivity contribution < 1.29 is 18.4 Å². The molecular formula is C23H20F2N6O2. The summed E-state index contributed by atoms with van der Waals surface area (Å²) >= 11 is 0. The molecule has 1 fully saturated rings. The van der Waals surface area contributed by atoms with E-state index in [9.17, 15) is 18.4 Å². The average molecular weight is 450 g/mol. The third-order valence-corrected chi connectivity index (χ3v) is 5.92. The largest absolute Gasteiger partial charge is 0.344 e. The normalized spacial score (nSPS) is 18.4. The molecule has 0 saturated carbocycles. The number of likely N-dealkylation sites (tertiary alicyclic amines) is 1. The molecule has 10 heteroatoms. The Bertz CT molecular complexity index is 1300. The van der Waals surface area contributed by atoms with Gasteiger partial charge in [0.15, 0.2) is 5.82 Å². The number of aromatic amines is 1. The Labute approximate surface area is 187 Å². The Hall–Kier alpha value is -4.08. The van der Waals surface area contributed by atoms with Crippen molar-refractivity contribution in [3.8, 4) is 0 Å². The minimum absolute atomic E-state index is 0.117. The third kappa shape index (κ3) is 4.07. The summed E-state index contributed by atoms with van der Waals surface area (Å²) in [7, 11) is 0. The molecule has 4 aromatic rings. The number of hydrogen-bond acceptors (Lipinski definition) is 4. The predicted molar refractivity (Wildman–Crippen MR) is 115 cm³/mol. The van der Waals surface area contributed by atoms with Crippen LogP contribution in [0.2, 0.25) is 0 Å². The standard InChI is InChI=1S/C23H20F2N6O2/c24-15-8-14(9-16(25)10-15)17-3-7-30(12-19(17)29-22(32)21-27-4-5-28-21)23(33)18-2-1-6-31-13-26-11-20(18)31/h1-2,4-6,8-11,13,17,19H,3,7,12H2,(H,27,28)(H,29,32)/t17-,19+/m0/s1. The molecule has 2 amide bonds. The predicted octanol–water partition coefficient (Wildman–Crippen LogP) is 2.76. The number of rotatable bonds is 4. The van der Waals surface area contributed by atoms with Gasteiger partial charge in [-0.1, -0.05) is 0 Å². The summed E-state index contributed by atoms with van der Waals surface area (Å²) < 4.78 is 29.6. The number of pyridine rings is 1. The van der Waals surface area contributed by atoms with E-state index in [1.165, 1.54) is 24.5 Å². The first-order chi connectivity index (χ1) is 16.0. The molecule has 1 aromatic carbocycles. The fourth-order valence-corrected chi connectivity index (χ4v) is 4.40. The Morgan fingerprint density at radius 2 is 2.00 bits per heavy atom. The fourth-order valence-electron chi connectivity index (χ4n) is 4.40. The second kappa shape index (κ2) is 8.45. The van der Waals surface area contributed by atoms with Crippen LogP contribution in [-0.2, 0) is 0 Å². The number of fused-ring (bicyclic) bond motifs is 1. The maximum absolute atomic E-state index is 13.9. The second-order valence-corrected chi connectivity index (χ2v) is 7.97. The molecule has 0 unspecified atom stereocenters. The second-order valence-electron chi connectivity index (χ2n) is 7.97. The fraction of sp³-hybridized carbons (Fsp3) is 0.217. The molecule has 0 aliphatic carbocycles. The molecule has 0 bridgehead atoms. The molecule has 1 aliphatic heterocycles. The number of nitrogens with one attached hydrogen (secondary N) is 2. The number of halogens is 2. The molecule has 8 nitrogen and oxygen atoms in total. The van der Waals surface area contributed by atoms with Gasteiger partial charge in [-0.25, -0.2) is 18.7 Å². The lowest BCUT2D eigenvalue weighted by atomic mass is 9.84. The smallest absolute Gasteiger partial charge is 0.287 e. The van der Waals surface area contributed by atoms with Crippen molar-refractivity contribution in [2.75, 3.05) is 13.1 Å². The minimum Gasteiger partial charge on any atom is -0.344 e. The number of carbonyl (C=O) groups excluding carboxylic acids is 2. The Balaban J connectivity index is 1.44. The third-order valence-electron chi connectivity index (χ3n) is 5.92. The van der Waals surface area contributed by atoms with E-state index in [0.29, 0.717) is 29.6 Å². The maximum Gasteiger partial charge on any atom is 0.287 e. The van der Waals surface area contributed by atoms with Gasteiger partial charge in [-0.3, -0.25) is 9.59 Å². The quantitative estimate of drug-likeness (QED) is 0.500. The Morgan fingerprint density at radius 3 is 2.76 bits per heavy atom. The van der Waals surface area contributed by atoms with Crippen molar-refractivity contribution in [2.24, 2.45) is 0 Å². The van der Waals surface area contributed by atoms with Gasteiger partial charge in [-0.05, 0) is 36.2 Å². The van der Waals surface area contributed by atoms with Crippen molar-refractivity contribution in [3.05, 3.63) is 90.0 Å². The number of aromatic nitrogens is 4. The highest BCUT2D eigenvalue weighted by molar-refractivity contribution is 6.00. The van der Waals surface area contributed by atoms with E-state index in [4.69, 9.17) is 0 Å². The van der Waals surface area contributed by atoms with E-state index < -0.39 is 23.6 Å². The first-order valence-electron chi connectivity index (χ1n) is 10.5. The van der Waals surface area contributed by atoms with Crippen LogP contribution in [0.1, 0.15) is 38.9 Å². The molecule has 1 saturated heterocycles. The van der Waals surface area contributed by atoms with Gasteiger partial charge in [0, 0.05) is 43.7 Å². The molecule has 2 N–H and O–H groups in total. The van der Waals surface area contributed by atoms with Crippen molar-refractivity contribution in [1.82, 2.24) is 29.6 Å². The van der Waals surface area contributed by atoms with E-state index in [0.717, 1.165) is 6.07 Å². The molecule has 2 atom stereocenters. The van der Waals surface area contributed by atoms with Gasteiger partial charge >= 0.3 is 0 Å². The van der Waals surface area contributed by atoms with Crippen LogP contribution in [0.25, 0.3) is 5.52 Å². The molecule has 0 spiro atoms. The van der Waals surface area contributed by atoms with Gasteiger partial charge in [-0.15, -0.1) is 0 Å². The number of carbonyl (C=O) groups is 2. The first-order valence-corrected chi connectivity index (χ1v) is 10.5. The molecule has 1 aliphatic rings. The van der Waals surface area contributed by atoms with Crippen LogP contribution in [0.3, 0.4) is 0 Å². The summed E-state index contributed by atoms with van der Waals surface area (Å²) in [6, 6.07) is 6.26. The van der Waals surface area contributed by atoms with Crippen LogP contribution in [0, 0.1) is 11.6 Å². The summed E-state index contributed by atoms with van der Waals surface area (Å²) in [5.74, 6) is -2.31. The molecular weight excluding hydrogens is 430 g/mol. The highest BCUT2D eigenvalue weighted by atomic mass is 19.1. The Kier molecular flexibility index (Phi) is 5.33. The Morgan fingerprint density at radius 1 is 1.18 bits per heavy atom. The molecule has 33 heavy (non-hydrogen) atoms. The van der Waals surface area contributed by atoms with E-state index in [-0.39, 0.29) is 24.2 Å². The number of imidazole rings is 2. The van der Waals surface area contributed by atoms with Crippen LogP contribution in [0.5, 0.6) is 0 Å². The van der Waals surface area contributed by atoms with Gasteiger partial charge in [-0.2, -0.15) is 0 Å². The molecule has 0 radical (unpaired) electrons. The molecule has 3 aromatic heterocycles. The number of benzene rings is 1. The summed E-state index contributed by atoms with van der Waals surface area (Å²) in [6.07, 6.45) is 8.43. The lowest BCUT2D eigenvalue weighted by Gasteiger charge is -2.39. The van der Waals surface area contributed by atoms with E-state index in [1.54, 1.807) is 40.2 Å². The van der Waals surface area contributed by atoms with E-state index in [2.05, 4.69) is 20.3 Å². The summed E-state index contributed by atoms with van der Waals surface area (Å²) in [6.45, 7) is 0.535. The number of hydrogen-bond donors (Lipinski definition) is 2. The maximum atomic E-state index is 13.9. The van der Waals surface area contributed by atoms with Crippen LogP contribution >= 0.6 is 0 Å². The number of nitrogens with zero attached hydrogens (tertiary/aromatic N) is 4. The summed E-state index contributed by atoms with van der Waals surface area (Å²) in [5, 5.41) is 2.89. The van der Waals surface area contributed by atoms with Crippen molar-refractivity contribution in [2.45, 2.75) is 18.4 Å². The lowest BCUT2D eigenvalue weighted by Crippen LogP contribution is -2.53. The topological polar surface area (TPSA) is 95.4 Å². The van der Waals surface area contributed by atoms with E-state index in [1.807, 2.05) is 0 Å². The number of amides is 2. The zero-order valence-corrected chi connectivity index (χ0v) is 17.4. The van der Waals surface area contributed by atoms with Crippen LogP contribution < -0.4 is 5.32 Å². The van der Waals surface area contributed by atoms with Gasteiger partial charge in [0.05, 0.1) is 29.6 Å². The van der Waals surface area contributed by atoms with Gasteiger partial charge < -0.3 is 19.6 Å². The first kappa shape index (κ1) is 20.8. The summed E-state index contributed by atoms with van der Waals surface area (Å²) in [4.78, 5) is 38.5. The molecule has 4 heterocycles. The van der Waals surface area contributed by atoms with Crippen molar-refractivity contribution >= 4 is 17.3 Å². The monoisotopic (exact) mass is 450 g/mol. The van der Waals surface area contributed by atoms with E-state index >= 15 is 0 Å². The highest BCUT2D eigenvalue weighted by Crippen LogP contribution is 2.31. The van der Waals surface area contributed by atoms with Crippen LogP contribution in [0.4, 0.5) is 8.78 Å². The lowest BCUT2D eigenvalue weighted by molar-refractivity contribution is 0.0655. The molecule has 5 rings (SSSR count). The zero-order chi connectivity index (χ0) is 22.9.